The summed E-state index contributed by atoms with van der Waals surface area (Å²) in [4.78, 5) is 42.0. The first-order valence-corrected chi connectivity index (χ1v) is 13.1. The molecular formula is C29H29NO5S. The van der Waals surface area contributed by atoms with Crippen molar-refractivity contribution in [3.05, 3.63) is 90.7 Å². The van der Waals surface area contributed by atoms with Crippen LogP contribution in [0.25, 0.3) is 11.0 Å². The van der Waals surface area contributed by atoms with Gasteiger partial charge in [-0.05, 0) is 49.8 Å². The predicted molar refractivity (Wildman–Crippen MR) is 140 cm³/mol. The molecule has 0 fully saturated rings. The maximum absolute atomic E-state index is 13.8. The number of thiophene rings is 1. The van der Waals surface area contributed by atoms with Crippen molar-refractivity contribution in [3.63, 3.8) is 0 Å². The number of benzene rings is 1. The molecule has 3 aromatic rings. The van der Waals surface area contributed by atoms with Crippen LogP contribution in [0.5, 0.6) is 0 Å². The van der Waals surface area contributed by atoms with Gasteiger partial charge in [-0.3, -0.25) is 9.59 Å². The van der Waals surface area contributed by atoms with Crippen LogP contribution < -0.4 is 10.7 Å². The van der Waals surface area contributed by atoms with Gasteiger partial charge in [0.25, 0.3) is 0 Å². The van der Waals surface area contributed by atoms with Gasteiger partial charge in [-0.25, -0.2) is 4.79 Å². The summed E-state index contributed by atoms with van der Waals surface area (Å²) in [5.41, 5.74) is 3.53. The van der Waals surface area contributed by atoms with Gasteiger partial charge < -0.3 is 14.5 Å². The Labute approximate surface area is 213 Å². The molecule has 2 atom stereocenters. The molecule has 1 aliphatic carbocycles. The number of fused-ring (bicyclic) bond motifs is 1. The molecule has 0 unspecified atom stereocenters. The number of ether oxygens (including phenoxy) is 1. The first-order chi connectivity index (χ1) is 17.2. The molecule has 0 saturated heterocycles. The molecule has 0 bridgehead atoms. The third kappa shape index (κ3) is 4.32. The molecular weight excluding hydrogens is 474 g/mol. The first kappa shape index (κ1) is 24.3. The lowest BCUT2D eigenvalue weighted by atomic mass is 9.73. The Balaban J connectivity index is 1.67. The monoisotopic (exact) mass is 503 g/mol. The highest BCUT2D eigenvalue weighted by Crippen LogP contribution is 2.46. The number of nitrogens with one attached hydrogen (secondary N) is 1. The van der Waals surface area contributed by atoms with Crippen molar-refractivity contribution in [2.24, 2.45) is 5.92 Å². The number of carbonyl (C=O) groups excluding carboxylic acids is 2. The fourth-order valence-corrected chi connectivity index (χ4v) is 5.96. The minimum absolute atomic E-state index is 0.0577. The minimum atomic E-state index is -0.848. The van der Waals surface area contributed by atoms with Gasteiger partial charge in [-0.2, -0.15) is 0 Å². The summed E-state index contributed by atoms with van der Waals surface area (Å²) in [6.45, 7) is 7.87. The maximum atomic E-state index is 13.8. The molecule has 0 radical (unpaired) electrons. The number of esters is 1. The number of ketones is 1. The Morgan fingerprint density at radius 1 is 1.19 bits per heavy atom. The summed E-state index contributed by atoms with van der Waals surface area (Å²) >= 11 is 1.63. The zero-order valence-electron chi connectivity index (χ0n) is 20.8. The molecule has 2 aliphatic rings. The van der Waals surface area contributed by atoms with E-state index < -0.39 is 11.9 Å². The summed E-state index contributed by atoms with van der Waals surface area (Å²) in [7, 11) is 0. The van der Waals surface area contributed by atoms with E-state index in [1.54, 1.807) is 30.4 Å². The van der Waals surface area contributed by atoms with Gasteiger partial charge in [0.1, 0.15) is 5.58 Å². The molecule has 5 rings (SSSR count). The SMILES string of the molecule is CC1=C(C(=O)OCC(C)C)[C@@H](c2coc3ccc(C)cc3c2=O)C2=C(C[C@@H](c3cccs3)CC2=O)N1. The molecule has 1 aromatic carbocycles. The largest absolute Gasteiger partial charge is 0.464 e. The van der Waals surface area contributed by atoms with Gasteiger partial charge in [-0.1, -0.05) is 31.5 Å². The van der Waals surface area contributed by atoms with E-state index >= 15 is 0 Å². The molecule has 186 valence electrons. The second kappa shape index (κ2) is 9.54. The van der Waals surface area contributed by atoms with Crippen molar-refractivity contribution in [1.29, 1.82) is 0 Å². The van der Waals surface area contributed by atoms with Crippen molar-refractivity contribution < 1.29 is 18.7 Å². The van der Waals surface area contributed by atoms with E-state index in [4.69, 9.17) is 9.15 Å². The van der Waals surface area contributed by atoms with Gasteiger partial charge in [0.15, 0.2) is 11.2 Å². The zero-order chi connectivity index (χ0) is 25.6. The number of allylic oxidation sites excluding steroid dienone is 3. The smallest absolute Gasteiger partial charge is 0.336 e. The van der Waals surface area contributed by atoms with Gasteiger partial charge in [-0.15, -0.1) is 11.3 Å². The standard InChI is InChI=1S/C29H29NO5S/c1-15(2)13-35-29(33)25-17(4)30-21-11-18(24-6-5-9-36-24)12-22(31)27(21)26(25)20-14-34-23-8-7-16(3)10-19(23)28(20)32/h5-10,14-15,18,26,30H,11-13H2,1-4H3/t18-,26-/m1/s1. The van der Waals surface area contributed by atoms with Crippen LogP contribution in [0.4, 0.5) is 0 Å². The highest BCUT2D eigenvalue weighted by molar-refractivity contribution is 7.10. The van der Waals surface area contributed by atoms with Gasteiger partial charge >= 0.3 is 5.97 Å². The van der Waals surface area contributed by atoms with Crippen LogP contribution in [0.1, 0.15) is 61.5 Å². The average Bonchev–Trinajstić information content (AvgIpc) is 3.37. The second-order valence-corrected chi connectivity index (χ2v) is 11.0. The van der Waals surface area contributed by atoms with Crippen LogP contribution in [0, 0.1) is 12.8 Å². The summed E-state index contributed by atoms with van der Waals surface area (Å²) in [6, 6.07) is 9.46. The lowest BCUT2D eigenvalue weighted by Crippen LogP contribution is -2.37. The summed E-state index contributed by atoms with van der Waals surface area (Å²) in [5.74, 6) is -1.24. The summed E-state index contributed by atoms with van der Waals surface area (Å²) in [5, 5.41) is 5.78. The number of hydrogen-bond donors (Lipinski definition) is 1. The van der Waals surface area contributed by atoms with Crippen LogP contribution in [-0.4, -0.2) is 18.4 Å². The number of hydrogen-bond acceptors (Lipinski definition) is 7. The van der Waals surface area contributed by atoms with Crippen molar-refractivity contribution in [2.75, 3.05) is 6.61 Å². The van der Waals surface area contributed by atoms with E-state index in [0.717, 1.165) is 16.1 Å². The molecule has 1 aliphatic heterocycles. The highest BCUT2D eigenvalue weighted by atomic mass is 32.1. The van der Waals surface area contributed by atoms with E-state index in [1.165, 1.54) is 6.26 Å². The Morgan fingerprint density at radius 3 is 2.72 bits per heavy atom. The van der Waals surface area contributed by atoms with Crippen LogP contribution in [0.2, 0.25) is 0 Å². The molecule has 0 spiro atoms. The molecule has 1 N–H and O–H groups in total. The number of rotatable bonds is 5. The summed E-state index contributed by atoms with van der Waals surface area (Å²) < 4.78 is 11.5. The van der Waals surface area contributed by atoms with Crippen LogP contribution in [-0.2, 0) is 14.3 Å². The third-order valence-electron chi connectivity index (χ3n) is 6.81. The number of carbonyl (C=O) groups is 2. The van der Waals surface area contributed by atoms with Crippen molar-refractivity contribution in [3.8, 4) is 0 Å². The topological polar surface area (TPSA) is 85.6 Å². The van der Waals surface area contributed by atoms with E-state index in [2.05, 4.69) is 5.32 Å². The van der Waals surface area contributed by atoms with E-state index in [-0.39, 0.29) is 40.8 Å². The molecule has 0 saturated carbocycles. The lowest BCUT2D eigenvalue weighted by molar-refractivity contribution is -0.140. The van der Waals surface area contributed by atoms with Crippen molar-refractivity contribution >= 4 is 34.1 Å². The normalized spacial score (nSPS) is 20.1. The molecule has 36 heavy (non-hydrogen) atoms. The summed E-state index contributed by atoms with van der Waals surface area (Å²) in [6.07, 6.45) is 2.35. The Morgan fingerprint density at radius 2 is 2.00 bits per heavy atom. The zero-order valence-corrected chi connectivity index (χ0v) is 21.7. The second-order valence-electron chi connectivity index (χ2n) is 10.0. The highest BCUT2D eigenvalue weighted by Gasteiger charge is 2.43. The number of Topliss-reactive ketones (excluding diaryl/α,β-unsaturated/α-hetero) is 1. The van der Waals surface area contributed by atoms with Crippen molar-refractivity contribution in [1.82, 2.24) is 5.32 Å². The number of dihydropyridines is 1. The molecule has 7 heteroatoms. The van der Waals surface area contributed by atoms with Crippen molar-refractivity contribution in [2.45, 2.75) is 52.4 Å². The molecule has 2 aromatic heterocycles. The lowest BCUT2D eigenvalue weighted by Gasteiger charge is -2.36. The van der Waals surface area contributed by atoms with Crippen LogP contribution in [0.15, 0.2) is 73.7 Å². The fourth-order valence-electron chi connectivity index (χ4n) is 5.12. The molecule has 3 heterocycles. The van der Waals surface area contributed by atoms with Crippen LogP contribution in [0.3, 0.4) is 0 Å². The quantitative estimate of drug-likeness (QED) is 0.448. The first-order valence-electron chi connectivity index (χ1n) is 12.2. The average molecular weight is 504 g/mol. The Bertz CT molecular complexity index is 1480. The van der Waals surface area contributed by atoms with Crippen LogP contribution >= 0.6 is 11.3 Å². The third-order valence-corrected chi connectivity index (χ3v) is 7.84. The predicted octanol–water partition coefficient (Wildman–Crippen LogP) is 5.72. The van der Waals surface area contributed by atoms with Gasteiger partial charge in [0, 0.05) is 39.7 Å². The van der Waals surface area contributed by atoms with E-state index in [9.17, 15) is 14.4 Å². The Kier molecular flexibility index (Phi) is 6.43. The Hall–Kier alpha value is -3.45. The van der Waals surface area contributed by atoms with Gasteiger partial charge in [0.05, 0.1) is 29.7 Å². The molecule has 6 nitrogen and oxygen atoms in total. The van der Waals surface area contributed by atoms with E-state index in [0.29, 0.717) is 35.1 Å². The number of aryl methyl sites for hydroxylation is 1. The maximum Gasteiger partial charge on any atom is 0.336 e. The van der Waals surface area contributed by atoms with E-state index in [1.807, 2.05) is 44.4 Å². The minimum Gasteiger partial charge on any atom is -0.464 e. The van der Waals surface area contributed by atoms with Gasteiger partial charge in [0.2, 0.25) is 0 Å². The molecule has 0 amide bonds. The fraction of sp³-hybridized carbons (Fsp3) is 0.345.